The van der Waals surface area contributed by atoms with Gasteiger partial charge in [0.15, 0.2) is 0 Å². The van der Waals surface area contributed by atoms with E-state index in [0.29, 0.717) is 17.0 Å². The maximum Gasteiger partial charge on any atom is 0.328 e. The van der Waals surface area contributed by atoms with Crippen molar-refractivity contribution < 1.29 is 18.7 Å². The van der Waals surface area contributed by atoms with E-state index in [1.165, 1.54) is 19.2 Å². The van der Waals surface area contributed by atoms with Gasteiger partial charge >= 0.3 is 5.97 Å². The number of carbonyl (C=O) groups is 2. The van der Waals surface area contributed by atoms with Gasteiger partial charge in [-0.25, -0.2) is 9.18 Å². The molecule has 24 heavy (non-hydrogen) atoms. The van der Waals surface area contributed by atoms with Crippen molar-refractivity contribution >= 4 is 23.5 Å². The maximum atomic E-state index is 13.8. The molecular weight excluding hydrogens is 335 g/mol. The van der Waals surface area contributed by atoms with Gasteiger partial charge in [0.25, 0.3) is 0 Å². The summed E-state index contributed by atoms with van der Waals surface area (Å²) in [5, 5.41) is 2.98. The van der Waals surface area contributed by atoms with E-state index in [4.69, 9.17) is 16.3 Å². The Hall–Kier alpha value is -1.66. The lowest BCUT2D eigenvalue weighted by atomic mass is 10.0. The molecule has 5 nitrogen and oxygen atoms in total. The zero-order chi connectivity index (χ0) is 18.3. The van der Waals surface area contributed by atoms with E-state index in [2.05, 4.69) is 5.32 Å². The summed E-state index contributed by atoms with van der Waals surface area (Å²) in [4.78, 5) is 25.5. The monoisotopic (exact) mass is 358 g/mol. The number of halogens is 2. The lowest BCUT2D eigenvalue weighted by Crippen LogP contribution is -2.46. The molecule has 0 aliphatic rings. The quantitative estimate of drug-likeness (QED) is 0.726. The number of amides is 1. The van der Waals surface area contributed by atoms with Crippen LogP contribution in [0.2, 0.25) is 5.02 Å². The van der Waals surface area contributed by atoms with Crippen molar-refractivity contribution in [2.45, 2.75) is 32.9 Å². The van der Waals surface area contributed by atoms with Crippen LogP contribution in [-0.4, -0.2) is 43.5 Å². The Balaban J connectivity index is 2.64. The summed E-state index contributed by atoms with van der Waals surface area (Å²) in [5.74, 6) is -0.996. The first-order chi connectivity index (χ1) is 11.2. The van der Waals surface area contributed by atoms with Crippen molar-refractivity contribution in [1.29, 1.82) is 0 Å². The number of rotatable bonds is 8. The number of hydrogen-bond acceptors (Lipinski definition) is 4. The van der Waals surface area contributed by atoms with Gasteiger partial charge < -0.3 is 10.1 Å². The molecule has 0 saturated heterocycles. The van der Waals surface area contributed by atoms with Crippen LogP contribution in [0.25, 0.3) is 0 Å². The lowest BCUT2D eigenvalue weighted by molar-refractivity contribution is -0.145. The van der Waals surface area contributed by atoms with E-state index in [-0.39, 0.29) is 24.9 Å². The molecule has 1 unspecified atom stereocenters. The topological polar surface area (TPSA) is 58.6 Å². The number of ether oxygens (including phenoxy) is 1. The second kappa shape index (κ2) is 9.59. The molecule has 1 atom stereocenters. The van der Waals surface area contributed by atoms with Gasteiger partial charge in [0.1, 0.15) is 11.9 Å². The average molecular weight is 359 g/mol. The molecule has 0 bridgehead atoms. The van der Waals surface area contributed by atoms with E-state index >= 15 is 0 Å². The number of carbonyl (C=O) groups excluding carboxylic acids is 2. The zero-order valence-electron chi connectivity index (χ0n) is 14.4. The van der Waals surface area contributed by atoms with Crippen molar-refractivity contribution in [1.82, 2.24) is 10.2 Å². The number of nitrogens with zero attached hydrogens (tertiary/aromatic N) is 1. The number of likely N-dealkylation sites (N-methyl/N-ethyl adjacent to an activating group) is 1. The maximum absolute atomic E-state index is 13.8. The summed E-state index contributed by atoms with van der Waals surface area (Å²) in [6.45, 7) is 4.10. The van der Waals surface area contributed by atoms with E-state index in [1.807, 2.05) is 13.8 Å². The highest BCUT2D eigenvalue weighted by Crippen LogP contribution is 2.20. The number of methoxy groups -OCH3 is 1. The van der Waals surface area contributed by atoms with Gasteiger partial charge in [-0.2, -0.15) is 0 Å². The molecule has 0 aliphatic carbocycles. The normalized spacial score (nSPS) is 12.3. The van der Waals surface area contributed by atoms with Gasteiger partial charge in [0.05, 0.1) is 13.7 Å². The van der Waals surface area contributed by atoms with Crippen LogP contribution in [0.5, 0.6) is 0 Å². The van der Waals surface area contributed by atoms with Crippen LogP contribution in [0.4, 0.5) is 4.39 Å². The molecule has 134 valence electrons. The fourth-order valence-corrected chi connectivity index (χ4v) is 2.54. The number of esters is 1. The van der Waals surface area contributed by atoms with Crippen molar-refractivity contribution in [2.24, 2.45) is 5.92 Å². The summed E-state index contributed by atoms with van der Waals surface area (Å²) < 4.78 is 18.5. The van der Waals surface area contributed by atoms with E-state index in [1.54, 1.807) is 18.0 Å². The third-order valence-corrected chi connectivity index (χ3v) is 3.79. The summed E-state index contributed by atoms with van der Waals surface area (Å²) in [6.07, 6.45) is 0.487. The van der Waals surface area contributed by atoms with Gasteiger partial charge in [-0.1, -0.05) is 31.5 Å². The Kier molecular flexibility index (Phi) is 8.15. The van der Waals surface area contributed by atoms with Gasteiger partial charge in [0.2, 0.25) is 5.91 Å². The highest BCUT2D eigenvalue weighted by atomic mass is 35.5. The van der Waals surface area contributed by atoms with Crippen LogP contribution >= 0.6 is 11.6 Å². The summed E-state index contributed by atoms with van der Waals surface area (Å²) in [5.41, 5.74) is 0.334. The second-order valence-corrected chi connectivity index (χ2v) is 6.55. The fraction of sp³-hybridized carbons (Fsp3) is 0.529. The molecule has 0 fully saturated rings. The molecule has 0 heterocycles. The second-order valence-electron chi connectivity index (χ2n) is 6.15. The highest BCUT2D eigenvalue weighted by molar-refractivity contribution is 6.31. The number of nitrogens with one attached hydrogen (secondary N) is 1. The average Bonchev–Trinajstić information content (AvgIpc) is 2.49. The minimum atomic E-state index is -0.687. The lowest BCUT2D eigenvalue weighted by Gasteiger charge is -2.21. The third kappa shape index (κ3) is 6.45. The Bertz CT molecular complexity index is 561. The fourth-order valence-electron chi connectivity index (χ4n) is 2.32. The summed E-state index contributed by atoms with van der Waals surface area (Å²) >= 11 is 5.98. The Morgan fingerprint density at radius 2 is 2.04 bits per heavy atom. The first-order valence-corrected chi connectivity index (χ1v) is 8.11. The molecule has 1 amide bonds. The Morgan fingerprint density at radius 3 is 2.58 bits per heavy atom. The predicted molar refractivity (Wildman–Crippen MR) is 91.1 cm³/mol. The SMILES string of the molecule is COC(=O)C(CC(C)C)NC(=O)CN(C)Cc1c(F)cccc1Cl. The molecule has 0 aromatic heterocycles. The molecule has 1 rings (SSSR count). The van der Waals surface area contributed by atoms with Crippen LogP contribution in [-0.2, 0) is 20.9 Å². The molecule has 0 radical (unpaired) electrons. The smallest absolute Gasteiger partial charge is 0.328 e. The number of hydrogen-bond donors (Lipinski definition) is 1. The van der Waals surface area contributed by atoms with E-state index in [9.17, 15) is 14.0 Å². The minimum Gasteiger partial charge on any atom is -0.467 e. The Labute approximate surface area is 147 Å². The molecule has 1 aromatic rings. The van der Waals surface area contributed by atoms with Gasteiger partial charge in [-0.3, -0.25) is 9.69 Å². The van der Waals surface area contributed by atoms with E-state index < -0.39 is 17.8 Å². The first kappa shape index (κ1) is 20.4. The van der Waals surface area contributed by atoms with E-state index in [0.717, 1.165) is 0 Å². The van der Waals surface area contributed by atoms with Crippen LogP contribution in [0, 0.1) is 11.7 Å². The molecule has 1 aromatic carbocycles. The van der Waals surface area contributed by atoms with Crippen molar-refractivity contribution in [3.8, 4) is 0 Å². The molecule has 0 spiro atoms. The summed E-state index contributed by atoms with van der Waals surface area (Å²) in [7, 11) is 2.96. The molecular formula is C17H24ClFN2O3. The first-order valence-electron chi connectivity index (χ1n) is 7.73. The largest absolute Gasteiger partial charge is 0.467 e. The van der Waals surface area contributed by atoms with Crippen molar-refractivity contribution in [2.75, 3.05) is 20.7 Å². The highest BCUT2D eigenvalue weighted by Gasteiger charge is 2.23. The van der Waals surface area contributed by atoms with Gasteiger partial charge in [0, 0.05) is 17.1 Å². The minimum absolute atomic E-state index is 0.0102. The van der Waals surface area contributed by atoms with Crippen LogP contribution < -0.4 is 5.32 Å². The van der Waals surface area contributed by atoms with Gasteiger partial charge in [-0.15, -0.1) is 0 Å². The standard InChI is InChI=1S/C17H24ClFN2O3/c1-11(2)8-15(17(23)24-4)20-16(22)10-21(3)9-12-13(18)6-5-7-14(12)19/h5-7,11,15H,8-10H2,1-4H3,(H,20,22). The molecule has 7 heteroatoms. The molecule has 1 N–H and O–H groups in total. The number of benzene rings is 1. The third-order valence-electron chi connectivity index (χ3n) is 3.43. The van der Waals surface area contributed by atoms with Gasteiger partial charge in [-0.05, 0) is 31.5 Å². The molecule has 0 saturated carbocycles. The van der Waals surface area contributed by atoms with Crippen LogP contribution in [0.15, 0.2) is 18.2 Å². The predicted octanol–water partition coefficient (Wildman–Crippen LogP) is 2.61. The van der Waals surface area contributed by atoms with Crippen LogP contribution in [0.1, 0.15) is 25.8 Å². The Morgan fingerprint density at radius 1 is 1.38 bits per heavy atom. The molecule has 0 aliphatic heterocycles. The summed E-state index contributed by atoms with van der Waals surface area (Å²) in [6, 6.07) is 3.77. The van der Waals surface area contributed by atoms with Crippen molar-refractivity contribution in [3.63, 3.8) is 0 Å². The van der Waals surface area contributed by atoms with Crippen molar-refractivity contribution in [3.05, 3.63) is 34.6 Å². The van der Waals surface area contributed by atoms with Crippen LogP contribution in [0.3, 0.4) is 0 Å². The zero-order valence-corrected chi connectivity index (χ0v) is 15.2.